The summed E-state index contributed by atoms with van der Waals surface area (Å²) in [5, 5.41) is 0.0220. The molecular weight excluding hydrogens is 338 g/mol. The average molecular weight is 366 g/mol. The predicted molar refractivity (Wildman–Crippen MR) is 96.4 cm³/mol. The number of carbonyl (C=O) groups excluding carboxylic acids is 2. The lowest BCUT2D eigenvalue weighted by Crippen LogP contribution is -2.47. The topological polar surface area (TPSA) is 65.1 Å². The van der Waals surface area contributed by atoms with E-state index < -0.39 is 26.4 Å². The zero-order chi connectivity index (χ0) is 18.7. The van der Waals surface area contributed by atoms with Gasteiger partial charge in [0.05, 0.1) is 6.61 Å². The number of rotatable bonds is 5. The SMILES string of the molecule is CC(C)(C)[Si](C)(C)OC[C@@H]1C(=O)OCN1C(=O)OCc1ccccc1. The van der Waals surface area contributed by atoms with Crippen LogP contribution in [0.2, 0.25) is 18.1 Å². The molecule has 1 amide bonds. The van der Waals surface area contributed by atoms with Crippen molar-refractivity contribution in [2.45, 2.75) is 51.6 Å². The highest BCUT2D eigenvalue weighted by Crippen LogP contribution is 2.36. The molecule has 2 rings (SSSR count). The molecule has 0 aliphatic carbocycles. The van der Waals surface area contributed by atoms with Crippen LogP contribution in [-0.2, 0) is 25.3 Å². The molecule has 1 atom stereocenters. The molecule has 1 saturated heterocycles. The fourth-order valence-electron chi connectivity index (χ4n) is 2.09. The molecule has 1 aliphatic rings. The Balaban J connectivity index is 1.95. The highest BCUT2D eigenvalue weighted by molar-refractivity contribution is 6.74. The molecular formula is C18H27NO5Si. The second-order valence-electron chi connectivity index (χ2n) is 7.69. The maximum atomic E-state index is 12.3. The third-order valence-electron chi connectivity index (χ3n) is 4.84. The zero-order valence-corrected chi connectivity index (χ0v) is 16.6. The van der Waals surface area contributed by atoms with E-state index in [1.54, 1.807) is 0 Å². The Morgan fingerprint density at radius 1 is 1.28 bits per heavy atom. The molecule has 7 heteroatoms. The van der Waals surface area contributed by atoms with Crippen molar-refractivity contribution < 1.29 is 23.5 Å². The van der Waals surface area contributed by atoms with Gasteiger partial charge in [0.15, 0.2) is 21.1 Å². The number of hydrogen-bond donors (Lipinski definition) is 0. The first-order valence-electron chi connectivity index (χ1n) is 8.40. The first-order valence-corrected chi connectivity index (χ1v) is 11.3. The van der Waals surface area contributed by atoms with Crippen molar-refractivity contribution in [3.63, 3.8) is 0 Å². The average Bonchev–Trinajstić information content (AvgIpc) is 2.91. The van der Waals surface area contributed by atoms with Gasteiger partial charge in [0.2, 0.25) is 0 Å². The largest absolute Gasteiger partial charge is 0.444 e. The third-order valence-corrected chi connectivity index (χ3v) is 9.34. The van der Waals surface area contributed by atoms with Gasteiger partial charge in [0, 0.05) is 0 Å². The van der Waals surface area contributed by atoms with Crippen LogP contribution >= 0.6 is 0 Å². The van der Waals surface area contributed by atoms with Gasteiger partial charge in [0.1, 0.15) is 6.61 Å². The van der Waals surface area contributed by atoms with Crippen molar-refractivity contribution in [2.75, 3.05) is 13.3 Å². The predicted octanol–water partition coefficient (Wildman–Crippen LogP) is 3.53. The summed E-state index contributed by atoms with van der Waals surface area (Å²) in [4.78, 5) is 25.6. The van der Waals surface area contributed by atoms with E-state index in [9.17, 15) is 9.59 Å². The zero-order valence-electron chi connectivity index (χ0n) is 15.6. The Morgan fingerprint density at radius 3 is 2.52 bits per heavy atom. The summed E-state index contributed by atoms with van der Waals surface area (Å²) in [5.74, 6) is -0.449. The van der Waals surface area contributed by atoms with Gasteiger partial charge in [-0.3, -0.25) is 4.90 Å². The smallest absolute Gasteiger partial charge is 0.413 e. The first kappa shape index (κ1) is 19.5. The van der Waals surface area contributed by atoms with Crippen molar-refractivity contribution in [3.8, 4) is 0 Å². The normalized spacial score (nSPS) is 18.2. The van der Waals surface area contributed by atoms with Crippen LogP contribution in [0.15, 0.2) is 30.3 Å². The minimum atomic E-state index is -2.02. The van der Waals surface area contributed by atoms with Crippen LogP contribution < -0.4 is 0 Å². The van der Waals surface area contributed by atoms with E-state index in [1.807, 2.05) is 30.3 Å². The molecule has 0 N–H and O–H groups in total. The van der Waals surface area contributed by atoms with E-state index in [4.69, 9.17) is 13.9 Å². The van der Waals surface area contributed by atoms with Crippen LogP contribution in [0.3, 0.4) is 0 Å². The molecule has 0 aromatic heterocycles. The number of benzene rings is 1. The Morgan fingerprint density at radius 2 is 1.92 bits per heavy atom. The lowest BCUT2D eigenvalue weighted by Gasteiger charge is -2.37. The van der Waals surface area contributed by atoms with Gasteiger partial charge in [-0.2, -0.15) is 0 Å². The Kier molecular flexibility index (Phi) is 5.90. The lowest BCUT2D eigenvalue weighted by molar-refractivity contribution is -0.139. The number of carbonyl (C=O) groups is 2. The van der Waals surface area contributed by atoms with Crippen molar-refractivity contribution >= 4 is 20.4 Å². The molecule has 1 fully saturated rings. The van der Waals surface area contributed by atoms with Gasteiger partial charge < -0.3 is 13.9 Å². The van der Waals surface area contributed by atoms with Crippen molar-refractivity contribution in [1.82, 2.24) is 4.90 Å². The van der Waals surface area contributed by atoms with E-state index in [0.29, 0.717) is 0 Å². The fraction of sp³-hybridized carbons (Fsp3) is 0.556. The standard InChI is InChI=1S/C18H27NO5Si/c1-18(2,3)25(4,5)24-12-15-16(20)23-13-19(15)17(21)22-11-14-9-7-6-8-10-14/h6-10,15H,11-13H2,1-5H3/t15-/m1/s1. The number of nitrogens with zero attached hydrogens (tertiary/aromatic N) is 1. The second kappa shape index (κ2) is 7.57. The van der Waals surface area contributed by atoms with E-state index >= 15 is 0 Å². The van der Waals surface area contributed by atoms with Gasteiger partial charge in [-0.1, -0.05) is 51.1 Å². The van der Waals surface area contributed by atoms with E-state index in [-0.39, 0.29) is 25.0 Å². The van der Waals surface area contributed by atoms with Crippen LogP contribution in [-0.4, -0.2) is 44.7 Å². The highest BCUT2D eigenvalue weighted by atomic mass is 28.4. The fourth-order valence-corrected chi connectivity index (χ4v) is 3.10. The monoisotopic (exact) mass is 365 g/mol. The van der Waals surface area contributed by atoms with Crippen LogP contribution in [0.1, 0.15) is 26.3 Å². The molecule has 1 aliphatic heterocycles. The number of amides is 1. The van der Waals surface area contributed by atoms with Gasteiger partial charge in [-0.05, 0) is 23.7 Å². The van der Waals surface area contributed by atoms with Gasteiger partial charge in [-0.25, -0.2) is 9.59 Å². The Hall–Kier alpha value is -1.86. The molecule has 25 heavy (non-hydrogen) atoms. The Bertz CT molecular complexity index is 612. The molecule has 0 saturated carbocycles. The molecule has 1 aromatic rings. The quantitative estimate of drug-likeness (QED) is 0.590. The summed E-state index contributed by atoms with van der Waals surface area (Å²) in [5.41, 5.74) is 0.886. The summed E-state index contributed by atoms with van der Waals surface area (Å²) in [6, 6.07) is 8.64. The van der Waals surface area contributed by atoms with Gasteiger partial charge in [-0.15, -0.1) is 0 Å². The van der Waals surface area contributed by atoms with Gasteiger partial charge >= 0.3 is 12.1 Å². The molecule has 0 unspecified atom stereocenters. The molecule has 6 nitrogen and oxygen atoms in total. The van der Waals surface area contributed by atoms with Crippen LogP contribution in [0.4, 0.5) is 4.79 Å². The van der Waals surface area contributed by atoms with Gasteiger partial charge in [0.25, 0.3) is 0 Å². The lowest BCUT2D eigenvalue weighted by atomic mass is 10.2. The minimum Gasteiger partial charge on any atom is -0.444 e. The number of esters is 1. The van der Waals surface area contributed by atoms with Crippen molar-refractivity contribution in [3.05, 3.63) is 35.9 Å². The van der Waals surface area contributed by atoms with Crippen LogP contribution in [0.5, 0.6) is 0 Å². The second-order valence-corrected chi connectivity index (χ2v) is 12.5. The molecule has 0 radical (unpaired) electrons. The minimum absolute atomic E-state index is 0.0220. The summed E-state index contributed by atoms with van der Waals surface area (Å²) in [7, 11) is -2.02. The molecule has 138 valence electrons. The van der Waals surface area contributed by atoms with Crippen molar-refractivity contribution in [1.29, 1.82) is 0 Å². The summed E-state index contributed by atoms with van der Waals surface area (Å²) in [6.07, 6.45) is -0.571. The van der Waals surface area contributed by atoms with E-state index in [0.717, 1.165) is 5.56 Å². The van der Waals surface area contributed by atoms with Crippen LogP contribution in [0.25, 0.3) is 0 Å². The van der Waals surface area contributed by atoms with Crippen LogP contribution in [0, 0.1) is 0 Å². The third kappa shape index (κ3) is 4.82. The van der Waals surface area contributed by atoms with Crippen molar-refractivity contribution in [2.24, 2.45) is 0 Å². The number of cyclic esters (lactones) is 1. The molecule has 0 spiro atoms. The number of hydrogen-bond acceptors (Lipinski definition) is 5. The van der Waals surface area contributed by atoms with E-state index in [1.165, 1.54) is 4.90 Å². The first-order chi connectivity index (χ1) is 11.6. The number of ether oxygens (including phenoxy) is 2. The highest BCUT2D eigenvalue weighted by Gasteiger charge is 2.43. The maximum absolute atomic E-state index is 12.3. The molecule has 1 heterocycles. The summed E-state index contributed by atoms with van der Waals surface area (Å²) < 4.78 is 16.4. The summed E-state index contributed by atoms with van der Waals surface area (Å²) in [6.45, 7) is 10.8. The molecule has 1 aromatic carbocycles. The Labute approximate surface area is 150 Å². The molecule has 0 bridgehead atoms. The maximum Gasteiger partial charge on any atom is 0.413 e. The van der Waals surface area contributed by atoms with E-state index in [2.05, 4.69) is 33.9 Å². The summed E-state index contributed by atoms with van der Waals surface area (Å²) >= 11 is 0.